The number of aliphatic hydroxyl groups is 1. The number of benzene rings is 2. The average Bonchev–Trinajstić information content (AvgIpc) is 2.47. The third-order valence-electron chi connectivity index (χ3n) is 3.43. The van der Waals surface area contributed by atoms with Gasteiger partial charge < -0.3 is 5.11 Å². The Morgan fingerprint density at radius 1 is 1.00 bits per heavy atom. The molecular formula is C17H18F3NO. The molecule has 0 bridgehead atoms. The van der Waals surface area contributed by atoms with Gasteiger partial charge in [0.25, 0.3) is 0 Å². The Balaban J connectivity index is 2.05. The van der Waals surface area contributed by atoms with Crippen molar-refractivity contribution < 1.29 is 18.3 Å². The van der Waals surface area contributed by atoms with Crippen LogP contribution in [0.3, 0.4) is 0 Å². The molecule has 2 rings (SSSR count). The van der Waals surface area contributed by atoms with Gasteiger partial charge in [0.05, 0.1) is 11.7 Å². The summed E-state index contributed by atoms with van der Waals surface area (Å²) in [4.78, 5) is 1.68. The number of likely N-dealkylation sites (N-methyl/N-ethyl adjacent to an activating group) is 1. The maximum absolute atomic E-state index is 13.0. The molecule has 2 nitrogen and oxygen atoms in total. The molecule has 0 aliphatic carbocycles. The molecule has 22 heavy (non-hydrogen) atoms. The number of rotatable bonds is 5. The van der Waals surface area contributed by atoms with E-state index in [2.05, 4.69) is 0 Å². The highest BCUT2D eigenvalue weighted by molar-refractivity contribution is 5.29. The summed E-state index contributed by atoms with van der Waals surface area (Å²) >= 11 is 0. The first kappa shape index (κ1) is 16.5. The smallest absolute Gasteiger partial charge is 0.387 e. The first-order valence-corrected chi connectivity index (χ1v) is 6.94. The Morgan fingerprint density at radius 3 is 2.23 bits per heavy atom. The van der Waals surface area contributed by atoms with Crippen molar-refractivity contribution in [2.75, 3.05) is 13.6 Å². The molecule has 118 valence electrons. The Bertz CT molecular complexity index is 598. The summed E-state index contributed by atoms with van der Waals surface area (Å²) in [5.41, 5.74) is 0.326. The molecule has 1 atom stereocenters. The summed E-state index contributed by atoms with van der Waals surface area (Å²) in [5.74, 6) is 0. The summed E-state index contributed by atoms with van der Waals surface area (Å²) in [5, 5.41) is 10.1. The lowest BCUT2D eigenvalue weighted by Gasteiger charge is -2.22. The van der Waals surface area contributed by atoms with Crippen LogP contribution in [0.4, 0.5) is 13.2 Å². The summed E-state index contributed by atoms with van der Waals surface area (Å²) in [6, 6.07) is 14.6. The molecule has 0 amide bonds. The van der Waals surface area contributed by atoms with Crippen LogP contribution in [0.15, 0.2) is 54.6 Å². The van der Waals surface area contributed by atoms with E-state index in [0.29, 0.717) is 0 Å². The molecule has 0 radical (unpaired) electrons. The molecular weight excluding hydrogens is 291 g/mol. The molecule has 1 N–H and O–H groups in total. The monoisotopic (exact) mass is 309 g/mol. The number of nitrogens with zero attached hydrogens (tertiary/aromatic N) is 1. The zero-order valence-corrected chi connectivity index (χ0v) is 12.2. The topological polar surface area (TPSA) is 23.5 Å². The van der Waals surface area contributed by atoms with Crippen molar-refractivity contribution in [1.82, 2.24) is 4.90 Å². The van der Waals surface area contributed by atoms with E-state index in [0.717, 1.165) is 11.6 Å². The van der Waals surface area contributed by atoms with Gasteiger partial charge in [-0.05, 0) is 24.2 Å². The molecule has 5 heteroatoms. The van der Waals surface area contributed by atoms with Crippen molar-refractivity contribution in [2.45, 2.75) is 18.8 Å². The van der Waals surface area contributed by atoms with Gasteiger partial charge in [0, 0.05) is 13.1 Å². The second kappa shape index (κ2) is 6.94. The van der Waals surface area contributed by atoms with Crippen LogP contribution in [0.25, 0.3) is 0 Å². The van der Waals surface area contributed by atoms with Gasteiger partial charge in [-0.3, -0.25) is 4.90 Å². The molecule has 1 unspecified atom stereocenters. The van der Waals surface area contributed by atoms with Gasteiger partial charge in [-0.15, -0.1) is 0 Å². The normalized spacial score (nSPS) is 13.4. The van der Waals surface area contributed by atoms with Crippen LogP contribution in [0.5, 0.6) is 0 Å². The van der Waals surface area contributed by atoms with E-state index < -0.39 is 17.8 Å². The van der Waals surface area contributed by atoms with E-state index in [4.69, 9.17) is 0 Å². The molecule has 0 saturated carbocycles. The van der Waals surface area contributed by atoms with E-state index in [9.17, 15) is 18.3 Å². The summed E-state index contributed by atoms with van der Waals surface area (Å²) in [6.07, 6.45) is -5.10. The summed E-state index contributed by atoms with van der Waals surface area (Å²) < 4.78 is 38.9. The second-order valence-corrected chi connectivity index (χ2v) is 5.28. The lowest BCUT2D eigenvalue weighted by Crippen LogP contribution is -2.25. The highest BCUT2D eigenvalue weighted by Crippen LogP contribution is 2.32. The van der Waals surface area contributed by atoms with Gasteiger partial charge in [0.1, 0.15) is 0 Å². The highest BCUT2D eigenvalue weighted by atomic mass is 19.4. The zero-order chi connectivity index (χ0) is 16.2. The van der Waals surface area contributed by atoms with E-state index in [1.165, 1.54) is 12.1 Å². The Labute approximate surface area is 127 Å². The summed E-state index contributed by atoms with van der Waals surface area (Å²) in [6.45, 7) is 0.385. The quantitative estimate of drug-likeness (QED) is 0.906. The van der Waals surface area contributed by atoms with Crippen molar-refractivity contribution in [2.24, 2.45) is 0 Å². The Hall–Kier alpha value is -1.85. The molecule has 0 spiro atoms. The fourth-order valence-corrected chi connectivity index (χ4v) is 2.37. The van der Waals surface area contributed by atoms with E-state index >= 15 is 0 Å². The Kier molecular flexibility index (Phi) is 5.21. The van der Waals surface area contributed by atoms with Gasteiger partial charge in [0.15, 0.2) is 0 Å². The van der Waals surface area contributed by atoms with E-state index in [1.54, 1.807) is 30.1 Å². The molecule has 2 aromatic rings. The highest BCUT2D eigenvalue weighted by Gasteiger charge is 2.33. The van der Waals surface area contributed by atoms with Crippen LogP contribution in [0.1, 0.15) is 22.8 Å². The fraction of sp³-hybridized carbons (Fsp3) is 0.294. The van der Waals surface area contributed by atoms with Crippen LogP contribution in [-0.2, 0) is 12.7 Å². The number of alkyl halides is 3. The molecule has 0 aromatic heterocycles. The third kappa shape index (κ3) is 4.32. The van der Waals surface area contributed by atoms with Gasteiger partial charge in [0.2, 0.25) is 0 Å². The fourth-order valence-electron chi connectivity index (χ4n) is 2.37. The number of halogens is 3. The Morgan fingerprint density at radius 2 is 1.59 bits per heavy atom. The van der Waals surface area contributed by atoms with Crippen LogP contribution < -0.4 is 0 Å². The van der Waals surface area contributed by atoms with Gasteiger partial charge in [-0.1, -0.05) is 48.5 Å². The zero-order valence-electron chi connectivity index (χ0n) is 12.2. The molecule has 2 aromatic carbocycles. The van der Waals surface area contributed by atoms with Crippen LogP contribution in [0.2, 0.25) is 0 Å². The lowest BCUT2D eigenvalue weighted by molar-refractivity contribution is -0.138. The number of hydrogen-bond acceptors (Lipinski definition) is 2. The van der Waals surface area contributed by atoms with Crippen LogP contribution >= 0.6 is 0 Å². The molecule has 0 fully saturated rings. The largest absolute Gasteiger partial charge is 0.416 e. The maximum atomic E-state index is 13.0. The minimum absolute atomic E-state index is 0.125. The van der Waals surface area contributed by atoms with Crippen molar-refractivity contribution >= 4 is 0 Å². The third-order valence-corrected chi connectivity index (χ3v) is 3.43. The number of aliphatic hydroxyl groups excluding tert-OH is 1. The van der Waals surface area contributed by atoms with E-state index in [1.807, 2.05) is 18.2 Å². The average molecular weight is 309 g/mol. The predicted octanol–water partition coefficient (Wildman–Crippen LogP) is 3.87. The van der Waals surface area contributed by atoms with Crippen molar-refractivity contribution in [1.29, 1.82) is 0 Å². The SMILES string of the molecule is CN(Cc1ccccc1C(F)(F)F)CC(O)c1ccccc1. The van der Waals surface area contributed by atoms with Crippen molar-refractivity contribution in [3.8, 4) is 0 Å². The van der Waals surface area contributed by atoms with Crippen LogP contribution in [0, 0.1) is 0 Å². The maximum Gasteiger partial charge on any atom is 0.416 e. The minimum Gasteiger partial charge on any atom is -0.387 e. The predicted molar refractivity (Wildman–Crippen MR) is 79.2 cm³/mol. The van der Waals surface area contributed by atoms with E-state index in [-0.39, 0.29) is 18.7 Å². The first-order valence-electron chi connectivity index (χ1n) is 6.94. The minimum atomic E-state index is -4.37. The van der Waals surface area contributed by atoms with Crippen molar-refractivity contribution in [3.63, 3.8) is 0 Å². The molecule has 0 aliphatic heterocycles. The lowest BCUT2D eigenvalue weighted by atomic mass is 10.1. The second-order valence-electron chi connectivity index (χ2n) is 5.28. The molecule has 0 saturated heterocycles. The van der Waals surface area contributed by atoms with Crippen LogP contribution in [-0.4, -0.2) is 23.6 Å². The van der Waals surface area contributed by atoms with Gasteiger partial charge >= 0.3 is 6.18 Å². The molecule has 0 aliphatic rings. The van der Waals surface area contributed by atoms with Gasteiger partial charge in [-0.2, -0.15) is 13.2 Å². The van der Waals surface area contributed by atoms with Crippen molar-refractivity contribution in [3.05, 3.63) is 71.3 Å². The summed E-state index contributed by atoms with van der Waals surface area (Å²) in [7, 11) is 1.69. The van der Waals surface area contributed by atoms with Gasteiger partial charge in [-0.25, -0.2) is 0 Å². The molecule has 0 heterocycles. The standard InChI is InChI=1S/C17H18F3NO/c1-21(12-16(22)13-7-3-2-4-8-13)11-14-9-5-6-10-15(14)17(18,19)20/h2-10,16,22H,11-12H2,1H3. The number of hydrogen-bond donors (Lipinski definition) is 1. The first-order chi connectivity index (χ1) is 10.4.